The molecule has 1 aromatic heterocycles. The maximum Gasteiger partial charge on any atom is 0.355 e. The fourth-order valence-electron chi connectivity index (χ4n) is 2.30. The van der Waals surface area contributed by atoms with Crippen LogP contribution in [0.5, 0.6) is 0 Å². The molecular weight excluding hydrogens is 278 g/mol. The summed E-state index contributed by atoms with van der Waals surface area (Å²) in [6.07, 6.45) is 3.86. The highest BCUT2D eigenvalue weighted by Gasteiger charge is 2.22. The number of nitrogens with zero attached hydrogens (tertiary/aromatic N) is 2. The van der Waals surface area contributed by atoms with E-state index in [0.717, 1.165) is 24.4 Å². The Labute approximate surface area is 121 Å². The predicted octanol–water partition coefficient (Wildman–Crippen LogP) is 1.97. The quantitative estimate of drug-likeness (QED) is 0.890. The van der Waals surface area contributed by atoms with Crippen molar-refractivity contribution in [2.75, 3.05) is 13.1 Å². The zero-order chi connectivity index (χ0) is 14.5. The fourth-order valence-corrected chi connectivity index (χ4v) is 3.07. The van der Waals surface area contributed by atoms with Gasteiger partial charge in [0.05, 0.1) is 5.01 Å². The lowest BCUT2D eigenvalue weighted by atomic mass is 10.0. The number of amides is 2. The van der Waals surface area contributed by atoms with E-state index in [1.165, 1.54) is 23.1 Å². The number of carbonyl (C=O) groups excluding carboxylic acids is 1. The van der Waals surface area contributed by atoms with Crippen molar-refractivity contribution in [1.29, 1.82) is 0 Å². The average Bonchev–Trinajstić information content (AvgIpc) is 2.88. The van der Waals surface area contributed by atoms with E-state index < -0.39 is 5.97 Å². The van der Waals surface area contributed by atoms with Crippen LogP contribution in [0.15, 0.2) is 5.38 Å². The van der Waals surface area contributed by atoms with Gasteiger partial charge in [0.25, 0.3) is 0 Å². The van der Waals surface area contributed by atoms with Crippen LogP contribution in [0.1, 0.15) is 41.7 Å². The second-order valence-corrected chi connectivity index (χ2v) is 5.89. The number of aromatic carboxylic acids is 1. The van der Waals surface area contributed by atoms with Crippen LogP contribution in [0.4, 0.5) is 4.79 Å². The molecule has 1 aliphatic heterocycles. The molecular formula is C13H19N3O3S. The van der Waals surface area contributed by atoms with Gasteiger partial charge in [-0.1, -0.05) is 0 Å². The molecule has 1 aliphatic rings. The van der Waals surface area contributed by atoms with Gasteiger partial charge in [0.15, 0.2) is 5.69 Å². The Balaban J connectivity index is 1.77. The van der Waals surface area contributed by atoms with Gasteiger partial charge in [-0.15, -0.1) is 11.3 Å². The van der Waals surface area contributed by atoms with E-state index >= 15 is 0 Å². The van der Waals surface area contributed by atoms with E-state index in [1.54, 1.807) is 0 Å². The van der Waals surface area contributed by atoms with Gasteiger partial charge >= 0.3 is 12.0 Å². The summed E-state index contributed by atoms with van der Waals surface area (Å²) in [5.74, 6) is -1.02. The molecule has 7 heteroatoms. The lowest BCUT2D eigenvalue weighted by Crippen LogP contribution is -2.47. The predicted molar refractivity (Wildman–Crippen MR) is 76.2 cm³/mol. The number of likely N-dealkylation sites (tertiary alicyclic amines) is 1. The van der Waals surface area contributed by atoms with Crippen molar-refractivity contribution in [1.82, 2.24) is 15.2 Å². The number of piperidine rings is 1. The second-order valence-electron chi connectivity index (χ2n) is 4.95. The zero-order valence-electron chi connectivity index (χ0n) is 11.5. The standard InChI is InChI=1S/C13H19N3O3S/c1-9-4-2-3-7-16(9)13(19)14-6-5-11-15-10(8-20-11)12(17)18/h8-9H,2-7H2,1H3,(H,14,19)(H,17,18). The summed E-state index contributed by atoms with van der Waals surface area (Å²) in [5.41, 5.74) is 0.0704. The minimum atomic E-state index is -1.02. The number of urea groups is 1. The summed E-state index contributed by atoms with van der Waals surface area (Å²) in [5, 5.41) is 13.9. The molecule has 1 unspecified atom stereocenters. The van der Waals surface area contributed by atoms with Crippen LogP contribution >= 0.6 is 11.3 Å². The van der Waals surface area contributed by atoms with Gasteiger partial charge in [-0.25, -0.2) is 14.6 Å². The molecule has 0 spiro atoms. The molecule has 20 heavy (non-hydrogen) atoms. The normalized spacial score (nSPS) is 18.9. The van der Waals surface area contributed by atoms with E-state index in [2.05, 4.69) is 17.2 Å². The van der Waals surface area contributed by atoms with Gasteiger partial charge in [-0.2, -0.15) is 0 Å². The first-order valence-electron chi connectivity index (χ1n) is 6.80. The Morgan fingerprint density at radius 3 is 3.00 bits per heavy atom. The SMILES string of the molecule is CC1CCCCN1C(=O)NCCc1nc(C(=O)O)cs1. The molecule has 0 aromatic carbocycles. The Bertz CT molecular complexity index is 489. The summed E-state index contributed by atoms with van der Waals surface area (Å²) in [6.45, 7) is 3.36. The molecule has 1 fully saturated rings. The van der Waals surface area contributed by atoms with Gasteiger partial charge in [0, 0.05) is 30.9 Å². The summed E-state index contributed by atoms with van der Waals surface area (Å²) < 4.78 is 0. The van der Waals surface area contributed by atoms with Crippen molar-refractivity contribution in [2.24, 2.45) is 0 Å². The number of carboxylic acid groups (broad SMARTS) is 1. The molecule has 2 heterocycles. The summed E-state index contributed by atoms with van der Waals surface area (Å²) >= 11 is 1.31. The third-order valence-electron chi connectivity index (χ3n) is 3.45. The number of carbonyl (C=O) groups is 2. The van der Waals surface area contributed by atoms with Gasteiger partial charge < -0.3 is 15.3 Å². The van der Waals surface area contributed by atoms with Crippen molar-refractivity contribution in [2.45, 2.75) is 38.6 Å². The van der Waals surface area contributed by atoms with Crippen LogP contribution in [-0.2, 0) is 6.42 Å². The van der Waals surface area contributed by atoms with Crippen molar-refractivity contribution in [3.05, 3.63) is 16.1 Å². The smallest absolute Gasteiger partial charge is 0.355 e. The summed E-state index contributed by atoms with van der Waals surface area (Å²) in [4.78, 5) is 28.6. The Kier molecular flexibility index (Phi) is 4.94. The number of hydrogen-bond acceptors (Lipinski definition) is 4. The molecule has 110 valence electrons. The largest absolute Gasteiger partial charge is 0.476 e. The van der Waals surface area contributed by atoms with Gasteiger partial charge in [0.1, 0.15) is 0 Å². The first-order valence-corrected chi connectivity index (χ1v) is 7.68. The summed E-state index contributed by atoms with van der Waals surface area (Å²) in [6, 6.07) is 0.259. The minimum absolute atomic E-state index is 0.0350. The van der Waals surface area contributed by atoms with Crippen LogP contribution in [0, 0.1) is 0 Å². The lowest BCUT2D eigenvalue weighted by molar-refractivity contribution is 0.0691. The number of aromatic nitrogens is 1. The van der Waals surface area contributed by atoms with Crippen molar-refractivity contribution in [3.8, 4) is 0 Å². The van der Waals surface area contributed by atoms with Gasteiger partial charge in [0.2, 0.25) is 0 Å². The average molecular weight is 297 g/mol. The van der Waals surface area contributed by atoms with Crippen LogP contribution < -0.4 is 5.32 Å². The molecule has 0 saturated carbocycles. The molecule has 2 N–H and O–H groups in total. The molecule has 1 atom stereocenters. The fraction of sp³-hybridized carbons (Fsp3) is 0.615. The molecule has 2 amide bonds. The summed E-state index contributed by atoms with van der Waals surface area (Å²) in [7, 11) is 0. The molecule has 1 saturated heterocycles. The lowest BCUT2D eigenvalue weighted by Gasteiger charge is -2.33. The molecule has 6 nitrogen and oxygen atoms in total. The van der Waals surface area contributed by atoms with E-state index in [-0.39, 0.29) is 11.7 Å². The number of carboxylic acids is 1. The maximum atomic E-state index is 12.0. The highest BCUT2D eigenvalue weighted by Crippen LogP contribution is 2.16. The zero-order valence-corrected chi connectivity index (χ0v) is 12.3. The first-order chi connectivity index (χ1) is 9.58. The van der Waals surface area contributed by atoms with Crippen LogP contribution in [0.2, 0.25) is 0 Å². The van der Waals surface area contributed by atoms with E-state index in [1.807, 2.05) is 4.90 Å². The van der Waals surface area contributed by atoms with Gasteiger partial charge in [-0.05, 0) is 26.2 Å². The van der Waals surface area contributed by atoms with Crippen molar-refractivity contribution in [3.63, 3.8) is 0 Å². The molecule has 0 bridgehead atoms. The second kappa shape index (κ2) is 6.69. The van der Waals surface area contributed by atoms with Crippen LogP contribution in [-0.4, -0.2) is 46.1 Å². The third-order valence-corrected chi connectivity index (χ3v) is 4.36. The van der Waals surface area contributed by atoms with Crippen molar-refractivity contribution >= 4 is 23.3 Å². The Morgan fingerprint density at radius 2 is 2.35 bits per heavy atom. The highest BCUT2D eigenvalue weighted by molar-refractivity contribution is 7.09. The van der Waals surface area contributed by atoms with E-state index in [4.69, 9.17) is 5.11 Å². The first kappa shape index (κ1) is 14.8. The number of hydrogen-bond donors (Lipinski definition) is 2. The molecule has 0 radical (unpaired) electrons. The topological polar surface area (TPSA) is 82.5 Å². The number of rotatable bonds is 4. The Hall–Kier alpha value is -1.63. The van der Waals surface area contributed by atoms with E-state index in [9.17, 15) is 9.59 Å². The van der Waals surface area contributed by atoms with E-state index in [0.29, 0.717) is 19.0 Å². The van der Waals surface area contributed by atoms with Crippen LogP contribution in [0.3, 0.4) is 0 Å². The van der Waals surface area contributed by atoms with Crippen LogP contribution in [0.25, 0.3) is 0 Å². The highest BCUT2D eigenvalue weighted by atomic mass is 32.1. The maximum absolute atomic E-state index is 12.0. The monoisotopic (exact) mass is 297 g/mol. The van der Waals surface area contributed by atoms with Gasteiger partial charge in [-0.3, -0.25) is 0 Å². The van der Waals surface area contributed by atoms with Crippen molar-refractivity contribution < 1.29 is 14.7 Å². The molecule has 1 aromatic rings. The third kappa shape index (κ3) is 3.69. The molecule has 0 aliphatic carbocycles. The molecule has 2 rings (SSSR count). The number of nitrogens with one attached hydrogen (secondary N) is 1. The Morgan fingerprint density at radius 1 is 1.55 bits per heavy atom. The number of thiazole rings is 1. The minimum Gasteiger partial charge on any atom is -0.476 e.